The lowest BCUT2D eigenvalue weighted by Crippen LogP contribution is -2.55. The van der Waals surface area contributed by atoms with Crippen LogP contribution < -0.4 is 5.73 Å². The zero-order chi connectivity index (χ0) is 16.8. The van der Waals surface area contributed by atoms with E-state index < -0.39 is 0 Å². The summed E-state index contributed by atoms with van der Waals surface area (Å²) < 4.78 is 5.15. The predicted octanol–water partition coefficient (Wildman–Crippen LogP) is 2.35. The number of methoxy groups -OCH3 is 1. The van der Waals surface area contributed by atoms with Crippen LogP contribution in [0.1, 0.15) is 25.5 Å². The Morgan fingerprint density at radius 2 is 1.92 bits per heavy atom. The number of ether oxygens (including phenoxy) is 1. The molecule has 0 saturated carbocycles. The van der Waals surface area contributed by atoms with Crippen molar-refractivity contribution in [3.63, 3.8) is 0 Å². The van der Waals surface area contributed by atoms with Gasteiger partial charge in [-0.15, -0.1) is 24.8 Å². The van der Waals surface area contributed by atoms with Crippen LogP contribution in [0.2, 0.25) is 0 Å². The fourth-order valence-corrected chi connectivity index (χ4v) is 3.14. The molecule has 1 heterocycles. The molecule has 3 atom stereocenters. The fraction of sp³-hybridized carbons (Fsp3) is 0.611. The highest BCUT2D eigenvalue weighted by molar-refractivity contribution is 5.85. The minimum atomic E-state index is -0.259. The minimum absolute atomic E-state index is 0. The topological polar surface area (TPSA) is 58.8 Å². The van der Waals surface area contributed by atoms with Crippen LogP contribution in [0, 0.1) is 5.92 Å². The van der Waals surface area contributed by atoms with Gasteiger partial charge in [-0.25, -0.2) is 0 Å². The number of nitrogens with zero attached hydrogens (tertiary/aromatic N) is 2. The van der Waals surface area contributed by atoms with Crippen molar-refractivity contribution in [3.8, 4) is 0 Å². The van der Waals surface area contributed by atoms with Gasteiger partial charge >= 0.3 is 0 Å². The summed E-state index contributed by atoms with van der Waals surface area (Å²) >= 11 is 0. The SMILES string of the molecule is COCCN1CCN(C(=O)C(C)C(N)c2ccccc2)CC1C.Cl.Cl. The molecule has 144 valence electrons. The van der Waals surface area contributed by atoms with Crippen molar-refractivity contribution in [2.45, 2.75) is 25.9 Å². The highest BCUT2D eigenvalue weighted by Crippen LogP contribution is 2.22. The lowest BCUT2D eigenvalue weighted by molar-refractivity contribution is -0.138. The van der Waals surface area contributed by atoms with Crippen LogP contribution in [0.15, 0.2) is 30.3 Å². The number of nitrogens with two attached hydrogens (primary N) is 1. The molecule has 0 radical (unpaired) electrons. The monoisotopic (exact) mass is 391 g/mol. The molecule has 1 amide bonds. The quantitative estimate of drug-likeness (QED) is 0.808. The summed E-state index contributed by atoms with van der Waals surface area (Å²) in [6.07, 6.45) is 0. The summed E-state index contributed by atoms with van der Waals surface area (Å²) in [5.41, 5.74) is 7.31. The second kappa shape index (κ2) is 11.7. The van der Waals surface area contributed by atoms with Gasteiger partial charge in [0.05, 0.1) is 12.5 Å². The Hall–Kier alpha value is -0.850. The molecule has 0 aromatic heterocycles. The third-order valence-electron chi connectivity index (χ3n) is 4.77. The third-order valence-corrected chi connectivity index (χ3v) is 4.77. The average Bonchev–Trinajstić information content (AvgIpc) is 2.59. The van der Waals surface area contributed by atoms with E-state index in [9.17, 15) is 4.79 Å². The van der Waals surface area contributed by atoms with Crippen molar-refractivity contribution in [3.05, 3.63) is 35.9 Å². The van der Waals surface area contributed by atoms with E-state index in [0.29, 0.717) is 6.04 Å². The molecule has 1 aromatic rings. The first-order valence-corrected chi connectivity index (χ1v) is 8.37. The van der Waals surface area contributed by atoms with Crippen LogP contribution in [0.4, 0.5) is 0 Å². The smallest absolute Gasteiger partial charge is 0.227 e. The summed E-state index contributed by atoms with van der Waals surface area (Å²) in [5, 5.41) is 0. The number of carbonyl (C=O) groups is 1. The fourth-order valence-electron chi connectivity index (χ4n) is 3.14. The van der Waals surface area contributed by atoms with Crippen molar-refractivity contribution in [1.82, 2.24) is 9.80 Å². The van der Waals surface area contributed by atoms with Crippen molar-refractivity contribution >= 4 is 30.7 Å². The first kappa shape index (κ1) is 24.1. The van der Waals surface area contributed by atoms with Crippen molar-refractivity contribution in [2.24, 2.45) is 11.7 Å². The van der Waals surface area contributed by atoms with Gasteiger partial charge in [0.2, 0.25) is 5.91 Å². The van der Waals surface area contributed by atoms with Crippen molar-refractivity contribution in [2.75, 3.05) is 39.9 Å². The van der Waals surface area contributed by atoms with Gasteiger partial charge in [0, 0.05) is 45.4 Å². The average molecular weight is 392 g/mol. The highest BCUT2D eigenvalue weighted by atomic mass is 35.5. The first-order valence-electron chi connectivity index (χ1n) is 8.37. The highest BCUT2D eigenvalue weighted by Gasteiger charge is 2.31. The van der Waals surface area contributed by atoms with Gasteiger partial charge in [-0.05, 0) is 12.5 Å². The lowest BCUT2D eigenvalue weighted by atomic mass is 9.93. The molecular formula is C18H31Cl2N3O2. The van der Waals surface area contributed by atoms with Gasteiger partial charge in [-0.3, -0.25) is 9.69 Å². The Bertz CT molecular complexity index is 504. The van der Waals surface area contributed by atoms with E-state index in [1.165, 1.54) is 0 Å². The van der Waals surface area contributed by atoms with Gasteiger partial charge < -0.3 is 15.4 Å². The first-order chi connectivity index (χ1) is 11.0. The van der Waals surface area contributed by atoms with E-state index in [1.807, 2.05) is 42.2 Å². The minimum Gasteiger partial charge on any atom is -0.383 e. The van der Waals surface area contributed by atoms with E-state index in [2.05, 4.69) is 11.8 Å². The molecule has 7 heteroatoms. The number of halogens is 2. The number of amides is 1. The van der Waals surface area contributed by atoms with Crippen LogP contribution in [0.25, 0.3) is 0 Å². The number of benzene rings is 1. The van der Waals surface area contributed by atoms with Crippen LogP contribution in [0.5, 0.6) is 0 Å². The molecule has 5 nitrogen and oxygen atoms in total. The van der Waals surface area contributed by atoms with Gasteiger partial charge in [-0.2, -0.15) is 0 Å². The van der Waals surface area contributed by atoms with Crippen LogP contribution in [-0.4, -0.2) is 61.6 Å². The molecule has 1 aromatic carbocycles. The van der Waals surface area contributed by atoms with Gasteiger partial charge in [0.15, 0.2) is 0 Å². The summed E-state index contributed by atoms with van der Waals surface area (Å²) in [6, 6.07) is 9.95. The summed E-state index contributed by atoms with van der Waals surface area (Å²) in [6.45, 7) is 8.15. The zero-order valence-electron chi connectivity index (χ0n) is 15.3. The van der Waals surface area contributed by atoms with E-state index >= 15 is 0 Å². The standard InChI is InChI=1S/C18H29N3O2.2ClH/c1-14-13-21(10-9-20(14)11-12-23-3)18(22)15(2)17(19)16-7-5-4-6-8-16;;/h4-8,14-15,17H,9-13,19H2,1-3H3;2*1H. The maximum atomic E-state index is 12.8. The molecule has 1 saturated heterocycles. The maximum absolute atomic E-state index is 12.8. The predicted molar refractivity (Wildman–Crippen MR) is 107 cm³/mol. The van der Waals surface area contributed by atoms with Gasteiger partial charge in [-0.1, -0.05) is 37.3 Å². The third kappa shape index (κ3) is 6.42. The molecule has 1 aliphatic heterocycles. The number of rotatable bonds is 6. The molecule has 25 heavy (non-hydrogen) atoms. The molecule has 0 spiro atoms. The van der Waals surface area contributed by atoms with Crippen molar-refractivity contribution in [1.29, 1.82) is 0 Å². The Labute approximate surface area is 163 Å². The van der Waals surface area contributed by atoms with Crippen LogP contribution >= 0.6 is 24.8 Å². The normalized spacial score (nSPS) is 20.2. The molecule has 2 N–H and O–H groups in total. The van der Waals surface area contributed by atoms with E-state index in [0.717, 1.165) is 38.3 Å². The number of hydrogen-bond acceptors (Lipinski definition) is 4. The summed E-state index contributed by atoms with van der Waals surface area (Å²) in [5.74, 6) is -0.0604. The molecule has 1 aliphatic rings. The Morgan fingerprint density at radius 3 is 2.48 bits per heavy atom. The summed E-state index contributed by atoms with van der Waals surface area (Å²) in [4.78, 5) is 17.1. The molecule has 0 bridgehead atoms. The lowest BCUT2D eigenvalue weighted by Gasteiger charge is -2.41. The van der Waals surface area contributed by atoms with E-state index in [1.54, 1.807) is 7.11 Å². The second-order valence-corrected chi connectivity index (χ2v) is 6.39. The summed E-state index contributed by atoms with van der Waals surface area (Å²) in [7, 11) is 1.72. The maximum Gasteiger partial charge on any atom is 0.227 e. The Balaban J connectivity index is 0.00000288. The van der Waals surface area contributed by atoms with Crippen LogP contribution in [0.3, 0.4) is 0 Å². The van der Waals surface area contributed by atoms with E-state index in [4.69, 9.17) is 10.5 Å². The molecule has 2 rings (SSSR count). The Morgan fingerprint density at radius 1 is 1.28 bits per heavy atom. The van der Waals surface area contributed by atoms with E-state index in [-0.39, 0.29) is 42.7 Å². The second-order valence-electron chi connectivity index (χ2n) is 6.39. The Kier molecular flexibility index (Phi) is 11.3. The molecular weight excluding hydrogens is 361 g/mol. The molecule has 0 aliphatic carbocycles. The van der Waals surface area contributed by atoms with Crippen molar-refractivity contribution < 1.29 is 9.53 Å². The largest absolute Gasteiger partial charge is 0.383 e. The number of carbonyl (C=O) groups excluding carboxylic acids is 1. The zero-order valence-corrected chi connectivity index (χ0v) is 16.9. The molecule has 3 unspecified atom stereocenters. The van der Waals surface area contributed by atoms with Gasteiger partial charge in [0.1, 0.15) is 0 Å². The number of piperazine rings is 1. The van der Waals surface area contributed by atoms with Gasteiger partial charge in [0.25, 0.3) is 0 Å². The number of hydrogen-bond donors (Lipinski definition) is 1. The van der Waals surface area contributed by atoms with Crippen LogP contribution in [-0.2, 0) is 9.53 Å². The molecule has 1 fully saturated rings.